The van der Waals surface area contributed by atoms with Crippen LogP contribution in [0.15, 0.2) is 48.5 Å². The van der Waals surface area contributed by atoms with Crippen LogP contribution in [0, 0.1) is 5.82 Å². The Hall–Kier alpha value is -2.03. The number of hydrogen-bond donors (Lipinski definition) is 2. The number of nitrogens with one attached hydrogen (secondary N) is 1. The lowest BCUT2D eigenvalue weighted by Crippen LogP contribution is -2.04. The zero-order valence-electron chi connectivity index (χ0n) is 9.36. The summed E-state index contributed by atoms with van der Waals surface area (Å²) in [7, 11) is 0. The maximum Gasteiger partial charge on any atom is 0.166 e. The Balaban J connectivity index is 1.88. The SMILES string of the molecule is Oc1ccc(NCCc2ccccc2)cc1F. The number of halogens is 1. The molecule has 0 saturated heterocycles. The van der Waals surface area contributed by atoms with Crippen LogP contribution in [0.3, 0.4) is 0 Å². The highest BCUT2D eigenvalue weighted by Gasteiger charge is 2.00. The van der Waals surface area contributed by atoms with Crippen molar-refractivity contribution < 1.29 is 9.50 Å². The Kier molecular flexibility index (Phi) is 3.60. The lowest BCUT2D eigenvalue weighted by atomic mass is 10.1. The molecule has 0 amide bonds. The number of anilines is 1. The average molecular weight is 231 g/mol. The third-order valence-electron chi connectivity index (χ3n) is 2.53. The maximum atomic E-state index is 13.0. The maximum absolute atomic E-state index is 13.0. The highest BCUT2D eigenvalue weighted by molar-refractivity contribution is 5.46. The minimum Gasteiger partial charge on any atom is -0.505 e. The quantitative estimate of drug-likeness (QED) is 0.792. The molecule has 0 radical (unpaired) electrons. The molecule has 0 atom stereocenters. The molecule has 0 aliphatic rings. The van der Waals surface area contributed by atoms with Gasteiger partial charge in [0.05, 0.1) is 0 Å². The van der Waals surface area contributed by atoms with E-state index in [9.17, 15) is 4.39 Å². The van der Waals surface area contributed by atoms with Gasteiger partial charge in [-0.2, -0.15) is 0 Å². The van der Waals surface area contributed by atoms with Crippen LogP contribution in [0.4, 0.5) is 10.1 Å². The van der Waals surface area contributed by atoms with Gasteiger partial charge < -0.3 is 10.4 Å². The molecule has 2 nitrogen and oxygen atoms in total. The molecular formula is C14H14FNO. The van der Waals surface area contributed by atoms with E-state index in [2.05, 4.69) is 17.4 Å². The average Bonchev–Trinajstić information content (AvgIpc) is 2.35. The Morgan fingerprint density at radius 2 is 1.82 bits per heavy atom. The van der Waals surface area contributed by atoms with Crippen LogP contribution < -0.4 is 5.32 Å². The normalized spacial score (nSPS) is 10.2. The van der Waals surface area contributed by atoms with Gasteiger partial charge in [0.15, 0.2) is 11.6 Å². The van der Waals surface area contributed by atoms with E-state index < -0.39 is 5.82 Å². The summed E-state index contributed by atoms with van der Waals surface area (Å²) < 4.78 is 13.0. The fourth-order valence-electron chi connectivity index (χ4n) is 1.61. The van der Waals surface area contributed by atoms with E-state index in [0.29, 0.717) is 5.69 Å². The van der Waals surface area contributed by atoms with E-state index in [1.807, 2.05) is 18.2 Å². The standard InChI is InChI=1S/C14H14FNO/c15-13-10-12(6-7-14(13)17)16-9-8-11-4-2-1-3-5-11/h1-7,10,16-17H,8-9H2. The third kappa shape index (κ3) is 3.21. The fraction of sp³-hybridized carbons (Fsp3) is 0.143. The second-order valence-corrected chi connectivity index (χ2v) is 3.83. The van der Waals surface area contributed by atoms with E-state index in [-0.39, 0.29) is 5.75 Å². The lowest BCUT2D eigenvalue weighted by Gasteiger charge is -2.07. The first-order chi connectivity index (χ1) is 8.25. The van der Waals surface area contributed by atoms with Crippen LogP contribution >= 0.6 is 0 Å². The molecule has 0 aromatic heterocycles. The van der Waals surface area contributed by atoms with E-state index in [0.717, 1.165) is 13.0 Å². The minimum atomic E-state index is -0.602. The topological polar surface area (TPSA) is 32.3 Å². The first kappa shape index (κ1) is 11.5. The van der Waals surface area contributed by atoms with Crippen molar-refractivity contribution in [3.8, 4) is 5.75 Å². The van der Waals surface area contributed by atoms with E-state index in [4.69, 9.17) is 5.11 Å². The molecule has 17 heavy (non-hydrogen) atoms. The zero-order valence-corrected chi connectivity index (χ0v) is 9.36. The molecule has 0 heterocycles. The summed E-state index contributed by atoms with van der Waals surface area (Å²) in [4.78, 5) is 0. The van der Waals surface area contributed by atoms with E-state index in [1.165, 1.54) is 17.7 Å². The van der Waals surface area contributed by atoms with E-state index >= 15 is 0 Å². The predicted molar refractivity (Wildman–Crippen MR) is 66.7 cm³/mol. The molecular weight excluding hydrogens is 217 g/mol. The molecule has 0 spiro atoms. The van der Waals surface area contributed by atoms with Crippen molar-refractivity contribution in [3.63, 3.8) is 0 Å². The number of rotatable bonds is 4. The number of benzene rings is 2. The smallest absolute Gasteiger partial charge is 0.166 e. The number of phenols is 1. The van der Waals surface area contributed by atoms with Gasteiger partial charge in [-0.1, -0.05) is 30.3 Å². The largest absolute Gasteiger partial charge is 0.505 e. The Morgan fingerprint density at radius 3 is 2.53 bits per heavy atom. The van der Waals surface area contributed by atoms with Crippen LogP contribution in [0.25, 0.3) is 0 Å². The van der Waals surface area contributed by atoms with Gasteiger partial charge in [-0.15, -0.1) is 0 Å². The van der Waals surface area contributed by atoms with Gasteiger partial charge in [-0.05, 0) is 24.1 Å². The summed E-state index contributed by atoms with van der Waals surface area (Å²) in [6, 6.07) is 14.4. The Labute approximate surface area is 99.7 Å². The molecule has 0 saturated carbocycles. The summed E-state index contributed by atoms with van der Waals surface area (Å²) in [5.74, 6) is -0.923. The molecule has 2 aromatic rings. The lowest BCUT2D eigenvalue weighted by molar-refractivity contribution is 0.432. The van der Waals surface area contributed by atoms with Crippen LogP contribution in [0.2, 0.25) is 0 Å². The molecule has 0 unspecified atom stereocenters. The number of phenolic OH excluding ortho intramolecular Hbond substituents is 1. The molecule has 3 heteroatoms. The Bertz CT molecular complexity index is 485. The van der Waals surface area contributed by atoms with Gasteiger partial charge in [0, 0.05) is 18.3 Å². The second-order valence-electron chi connectivity index (χ2n) is 3.83. The molecule has 0 fully saturated rings. The summed E-state index contributed by atoms with van der Waals surface area (Å²) in [5, 5.41) is 12.2. The summed E-state index contributed by atoms with van der Waals surface area (Å²) >= 11 is 0. The Morgan fingerprint density at radius 1 is 1.06 bits per heavy atom. The van der Waals surface area contributed by atoms with Gasteiger partial charge in [0.2, 0.25) is 0 Å². The van der Waals surface area contributed by atoms with Crippen LogP contribution in [0.1, 0.15) is 5.56 Å². The van der Waals surface area contributed by atoms with Crippen LogP contribution in [0.5, 0.6) is 5.75 Å². The summed E-state index contributed by atoms with van der Waals surface area (Å²) in [6.45, 7) is 0.730. The third-order valence-corrected chi connectivity index (χ3v) is 2.53. The molecule has 0 aliphatic carbocycles. The molecule has 2 rings (SSSR count). The predicted octanol–water partition coefficient (Wildman–Crippen LogP) is 3.19. The number of hydrogen-bond acceptors (Lipinski definition) is 2. The monoisotopic (exact) mass is 231 g/mol. The van der Waals surface area contributed by atoms with Crippen molar-refractivity contribution in [2.75, 3.05) is 11.9 Å². The fourth-order valence-corrected chi connectivity index (χ4v) is 1.61. The first-order valence-corrected chi connectivity index (χ1v) is 5.52. The van der Waals surface area contributed by atoms with Gasteiger partial charge >= 0.3 is 0 Å². The van der Waals surface area contributed by atoms with Crippen LogP contribution in [-0.2, 0) is 6.42 Å². The van der Waals surface area contributed by atoms with Crippen molar-refractivity contribution in [1.29, 1.82) is 0 Å². The summed E-state index contributed by atoms with van der Waals surface area (Å²) in [5.41, 5.74) is 1.91. The van der Waals surface area contributed by atoms with Crippen LogP contribution in [-0.4, -0.2) is 11.7 Å². The first-order valence-electron chi connectivity index (χ1n) is 5.52. The van der Waals surface area contributed by atoms with Crippen molar-refractivity contribution >= 4 is 5.69 Å². The van der Waals surface area contributed by atoms with Gasteiger partial charge in [0.25, 0.3) is 0 Å². The second kappa shape index (κ2) is 5.34. The van der Waals surface area contributed by atoms with E-state index in [1.54, 1.807) is 6.07 Å². The molecule has 2 aromatic carbocycles. The van der Waals surface area contributed by atoms with Crippen molar-refractivity contribution in [3.05, 3.63) is 59.9 Å². The molecule has 0 aliphatic heterocycles. The molecule has 0 bridgehead atoms. The molecule has 2 N–H and O–H groups in total. The van der Waals surface area contributed by atoms with Gasteiger partial charge in [-0.3, -0.25) is 0 Å². The van der Waals surface area contributed by atoms with Crippen molar-refractivity contribution in [2.24, 2.45) is 0 Å². The van der Waals surface area contributed by atoms with Crippen molar-refractivity contribution in [1.82, 2.24) is 0 Å². The molecule has 88 valence electrons. The summed E-state index contributed by atoms with van der Waals surface area (Å²) in [6.07, 6.45) is 0.878. The minimum absolute atomic E-state index is 0.321. The van der Waals surface area contributed by atoms with Gasteiger partial charge in [0.1, 0.15) is 0 Å². The zero-order chi connectivity index (χ0) is 12.1. The van der Waals surface area contributed by atoms with Gasteiger partial charge in [-0.25, -0.2) is 4.39 Å². The highest BCUT2D eigenvalue weighted by atomic mass is 19.1. The highest BCUT2D eigenvalue weighted by Crippen LogP contribution is 2.19. The number of aromatic hydroxyl groups is 1. The van der Waals surface area contributed by atoms with Crippen molar-refractivity contribution in [2.45, 2.75) is 6.42 Å².